The fraction of sp³-hybridized carbons (Fsp3) is 0.455. The topological polar surface area (TPSA) is 70.2 Å². The molecule has 3 rings (SSSR count). The average Bonchev–Trinajstić information content (AvgIpc) is 2.81. The Morgan fingerprint density at radius 2 is 2.40 bits per heavy atom. The molecule has 1 spiro atoms. The molecule has 15 heavy (non-hydrogen) atoms. The molecule has 1 saturated carbocycles. The van der Waals surface area contributed by atoms with Crippen molar-refractivity contribution in [3.63, 3.8) is 0 Å². The third-order valence-corrected chi connectivity index (χ3v) is 3.76. The highest BCUT2D eigenvalue weighted by atomic mass is 16.4. The van der Waals surface area contributed by atoms with Crippen molar-refractivity contribution < 1.29 is 9.90 Å². The second-order valence-corrected chi connectivity index (χ2v) is 4.49. The van der Waals surface area contributed by atoms with E-state index in [4.69, 9.17) is 5.11 Å². The zero-order valence-electron chi connectivity index (χ0n) is 8.12. The van der Waals surface area contributed by atoms with Crippen LogP contribution in [-0.2, 0) is 16.6 Å². The number of pyridine rings is 1. The molecule has 0 unspecified atom stereocenters. The van der Waals surface area contributed by atoms with Gasteiger partial charge in [-0.1, -0.05) is 0 Å². The Balaban J connectivity index is 2.10. The maximum atomic E-state index is 11.2. The van der Waals surface area contributed by atoms with Crippen LogP contribution in [0.3, 0.4) is 0 Å². The van der Waals surface area contributed by atoms with E-state index in [0.29, 0.717) is 6.42 Å². The first-order valence-corrected chi connectivity index (χ1v) is 5.08. The Bertz CT molecular complexity index is 505. The zero-order chi connectivity index (χ0) is 10.6. The van der Waals surface area contributed by atoms with Gasteiger partial charge < -0.3 is 10.1 Å². The van der Waals surface area contributed by atoms with Gasteiger partial charge in [-0.3, -0.25) is 9.59 Å². The largest absolute Gasteiger partial charge is 0.481 e. The van der Waals surface area contributed by atoms with Crippen LogP contribution in [0.5, 0.6) is 0 Å². The van der Waals surface area contributed by atoms with Crippen LogP contribution in [0.15, 0.2) is 17.1 Å². The van der Waals surface area contributed by atoms with E-state index < -0.39 is 5.97 Å². The first kappa shape index (κ1) is 8.71. The monoisotopic (exact) mass is 205 g/mol. The molecule has 78 valence electrons. The number of H-pyrrole nitrogens is 1. The van der Waals surface area contributed by atoms with Gasteiger partial charge in [0.05, 0.1) is 5.92 Å². The summed E-state index contributed by atoms with van der Waals surface area (Å²) in [6.45, 7) is 0. The molecule has 2 aliphatic carbocycles. The van der Waals surface area contributed by atoms with E-state index in [-0.39, 0.29) is 16.9 Å². The summed E-state index contributed by atoms with van der Waals surface area (Å²) in [6, 6.07) is 1.57. The maximum Gasteiger partial charge on any atom is 0.307 e. The zero-order valence-corrected chi connectivity index (χ0v) is 8.12. The second kappa shape index (κ2) is 2.51. The van der Waals surface area contributed by atoms with E-state index in [9.17, 15) is 9.59 Å². The summed E-state index contributed by atoms with van der Waals surface area (Å²) in [5.74, 6) is -1.01. The normalized spacial score (nSPS) is 31.6. The molecule has 2 atom stereocenters. The van der Waals surface area contributed by atoms with Crippen LogP contribution in [0.1, 0.15) is 24.0 Å². The number of hydrogen-bond donors (Lipinski definition) is 2. The van der Waals surface area contributed by atoms with Gasteiger partial charge in [-0.2, -0.15) is 0 Å². The standard InChI is InChI=1S/C11H11NO3/c13-9-3-7-6(5-12-9)1-2-11(7)4-8(11)10(14)15/h3,5,8H,1-2,4H2,(H,12,13)(H,14,15)/t8-,11-/m0/s1. The molecule has 0 aliphatic heterocycles. The molecular formula is C11H11NO3. The van der Waals surface area contributed by atoms with Crippen LogP contribution in [-0.4, -0.2) is 16.1 Å². The Morgan fingerprint density at radius 1 is 1.60 bits per heavy atom. The molecule has 0 radical (unpaired) electrons. The maximum absolute atomic E-state index is 11.2. The summed E-state index contributed by atoms with van der Waals surface area (Å²) in [6.07, 6.45) is 4.18. The van der Waals surface area contributed by atoms with Gasteiger partial charge in [0.15, 0.2) is 0 Å². The number of nitrogens with one attached hydrogen (secondary N) is 1. The number of fused-ring (bicyclic) bond motifs is 2. The Labute approximate surface area is 85.9 Å². The van der Waals surface area contributed by atoms with Crippen LogP contribution in [0.25, 0.3) is 0 Å². The first-order chi connectivity index (χ1) is 7.13. The van der Waals surface area contributed by atoms with Crippen LogP contribution in [0, 0.1) is 5.92 Å². The van der Waals surface area contributed by atoms with Gasteiger partial charge in [0.2, 0.25) is 5.56 Å². The molecule has 2 N–H and O–H groups in total. The van der Waals surface area contributed by atoms with Crippen molar-refractivity contribution in [2.45, 2.75) is 24.7 Å². The number of carbonyl (C=O) groups is 1. The van der Waals surface area contributed by atoms with Crippen molar-refractivity contribution in [2.75, 3.05) is 0 Å². The highest BCUT2D eigenvalue weighted by molar-refractivity contribution is 5.78. The SMILES string of the molecule is O=C(O)[C@@H]1C[C@]12CCc1c[nH]c(=O)cc12. The Hall–Kier alpha value is -1.58. The number of hydrogen-bond acceptors (Lipinski definition) is 2. The van der Waals surface area contributed by atoms with E-state index >= 15 is 0 Å². The van der Waals surface area contributed by atoms with Gasteiger partial charge >= 0.3 is 5.97 Å². The van der Waals surface area contributed by atoms with Crippen molar-refractivity contribution in [2.24, 2.45) is 5.92 Å². The summed E-state index contributed by atoms with van der Waals surface area (Å²) in [5, 5.41) is 8.99. The molecule has 4 heteroatoms. The van der Waals surface area contributed by atoms with Gasteiger partial charge in [-0.15, -0.1) is 0 Å². The minimum absolute atomic E-state index is 0.133. The van der Waals surface area contributed by atoms with E-state index in [1.54, 1.807) is 12.3 Å². The van der Waals surface area contributed by atoms with Crippen LogP contribution in [0.2, 0.25) is 0 Å². The summed E-state index contributed by atoms with van der Waals surface area (Å²) in [7, 11) is 0. The number of carboxylic acids is 1. The summed E-state index contributed by atoms with van der Waals surface area (Å²) < 4.78 is 0. The summed E-state index contributed by atoms with van der Waals surface area (Å²) in [4.78, 5) is 24.8. The lowest BCUT2D eigenvalue weighted by Crippen LogP contribution is -2.14. The molecule has 1 fully saturated rings. The second-order valence-electron chi connectivity index (χ2n) is 4.49. The average molecular weight is 205 g/mol. The minimum Gasteiger partial charge on any atom is -0.481 e. The molecule has 2 aliphatic rings. The predicted molar refractivity (Wildman–Crippen MR) is 52.8 cm³/mol. The minimum atomic E-state index is -0.733. The molecule has 0 amide bonds. The summed E-state index contributed by atoms with van der Waals surface area (Å²) in [5.41, 5.74) is 1.73. The smallest absolute Gasteiger partial charge is 0.307 e. The number of aliphatic carboxylic acids is 1. The number of aromatic nitrogens is 1. The third kappa shape index (κ3) is 1.02. The first-order valence-electron chi connectivity index (χ1n) is 5.08. The number of carboxylic acid groups (broad SMARTS) is 1. The molecule has 0 aromatic carbocycles. The van der Waals surface area contributed by atoms with E-state index in [2.05, 4.69) is 4.98 Å². The number of aryl methyl sites for hydroxylation is 1. The third-order valence-electron chi connectivity index (χ3n) is 3.76. The lowest BCUT2D eigenvalue weighted by Gasteiger charge is -2.08. The number of rotatable bonds is 1. The van der Waals surface area contributed by atoms with Crippen molar-refractivity contribution in [1.82, 2.24) is 4.98 Å². The Morgan fingerprint density at radius 3 is 3.07 bits per heavy atom. The molecule has 1 aromatic rings. The lowest BCUT2D eigenvalue weighted by atomic mass is 9.96. The van der Waals surface area contributed by atoms with Crippen molar-refractivity contribution in [1.29, 1.82) is 0 Å². The van der Waals surface area contributed by atoms with Crippen LogP contribution in [0.4, 0.5) is 0 Å². The lowest BCUT2D eigenvalue weighted by molar-refractivity contribution is -0.139. The summed E-state index contributed by atoms with van der Waals surface area (Å²) >= 11 is 0. The van der Waals surface area contributed by atoms with Gasteiger partial charge in [-0.05, 0) is 30.4 Å². The number of aromatic amines is 1. The molecular weight excluding hydrogens is 194 g/mol. The highest BCUT2D eigenvalue weighted by Gasteiger charge is 2.61. The molecule has 4 nitrogen and oxygen atoms in total. The molecule has 0 bridgehead atoms. The molecule has 0 saturated heterocycles. The fourth-order valence-electron chi connectivity index (χ4n) is 2.87. The van der Waals surface area contributed by atoms with Gasteiger partial charge in [-0.25, -0.2) is 0 Å². The van der Waals surface area contributed by atoms with Crippen molar-refractivity contribution in [3.05, 3.63) is 33.7 Å². The molecule has 1 heterocycles. The predicted octanol–water partition coefficient (Wildman–Crippen LogP) is 0.663. The van der Waals surface area contributed by atoms with Crippen molar-refractivity contribution in [3.8, 4) is 0 Å². The van der Waals surface area contributed by atoms with Crippen LogP contribution < -0.4 is 5.56 Å². The molecule has 1 aromatic heterocycles. The quantitative estimate of drug-likeness (QED) is 0.707. The van der Waals surface area contributed by atoms with Gasteiger partial charge in [0.1, 0.15) is 0 Å². The van der Waals surface area contributed by atoms with E-state index in [0.717, 1.165) is 24.0 Å². The van der Waals surface area contributed by atoms with Crippen LogP contribution >= 0.6 is 0 Å². The van der Waals surface area contributed by atoms with Gasteiger partial charge in [0.25, 0.3) is 0 Å². The Kier molecular flexibility index (Phi) is 1.45. The highest BCUT2D eigenvalue weighted by Crippen LogP contribution is 2.61. The fourth-order valence-corrected chi connectivity index (χ4v) is 2.87. The van der Waals surface area contributed by atoms with E-state index in [1.807, 2.05) is 0 Å². The van der Waals surface area contributed by atoms with Crippen molar-refractivity contribution >= 4 is 5.97 Å². The van der Waals surface area contributed by atoms with E-state index in [1.165, 1.54) is 0 Å². The van der Waals surface area contributed by atoms with Gasteiger partial charge in [0, 0.05) is 17.7 Å².